The Bertz CT molecular complexity index is 1500. The largest absolute Gasteiger partial charge is 0.444 e. The molecule has 1 aliphatic rings. The quantitative estimate of drug-likeness (QED) is 0.177. The fourth-order valence-electron chi connectivity index (χ4n) is 4.79. The second-order valence-corrected chi connectivity index (χ2v) is 11.2. The Morgan fingerprint density at radius 2 is 1.91 bits per heavy atom. The van der Waals surface area contributed by atoms with E-state index in [4.69, 9.17) is 14.5 Å². The zero-order chi connectivity index (χ0) is 33.0. The van der Waals surface area contributed by atoms with Crippen molar-refractivity contribution in [3.8, 4) is 30.4 Å². The van der Waals surface area contributed by atoms with Crippen LogP contribution in [0.2, 0.25) is 0 Å². The zero-order valence-corrected chi connectivity index (χ0v) is 26.5. The van der Waals surface area contributed by atoms with Crippen molar-refractivity contribution in [2.24, 2.45) is 0 Å². The molecular formula is C34H42F2N4O4. The molecule has 1 amide bonds. The number of alkyl halides is 2. The fraction of sp³-hybridized carbons (Fsp3) is 0.441. The van der Waals surface area contributed by atoms with Gasteiger partial charge in [0.05, 0.1) is 23.1 Å². The summed E-state index contributed by atoms with van der Waals surface area (Å²) in [5, 5.41) is 2.68. The van der Waals surface area contributed by atoms with E-state index in [0.717, 1.165) is 22.4 Å². The number of aldehydes is 1. The number of aromatic nitrogens is 2. The highest BCUT2D eigenvalue weighted by molar-refractivity contribution is 5.82. The van der Waals surface area contributed by atoms with Gasteiger partial charge in [0.25, 0.3) is 0 Å². The Hall–Kier alpha value is -4.41. The number of nitrogens with zero attached hydrogens (tertiary/aromatic N) is 3. The monoisotopic (exact) mass is 608 g/mol. The molecule has 1 aliphatic heterocycles. The van der Waals surface area contributed by atoms with Crippen LogP contribution in [-0.4, -0.2) is 59.7 Å². The second-order valence-electron chi connectivity index (χ2n) is 11.2. The minimum atomic E-state index is -3.03. The Morgan fingerprint density at radius 1 is 1.23 bits per heavy atom. The van der Waals surface area contributed by atoms with Crippen molar-refractivity contribution in [1.82, 2.24) is 19.8 Å². The van der Waals surface area contributed by atoms with Crippen LogP contribution < -0.4 is 10.1 Å². The minimum Gasteiger partial charge on any atom is -0.444 e. The van der Waals surface area contributed by atoms with Gasteiger partial charge in [-0.15, -0.1) is 12.8 Å². The Balaban J connectivity index is 0.00000127. The summed E-state index contributed by atoms with van der Waals surface area (Å²) in [5.41, 5.74) is 2.38. The van der Waals surface area contributed by atoms with Crippen molar-refractivity contribution >= 4 is 23.4 Å². The first kappa shape index (κ1) is 35.8. The highest BCUT2D eigenvalue weighted by Crippen LogP contribution is 2.46. The molecule has 0 radical (unpaired) electrons. The SMILES string of the molecule is C#C.CCC.CN(C)C1CC(c2c(C=O)cccc2OC(F)F)n2c1nc1ccc(C#CCCNC(=O)OC(C)(C)C)cc12. The van der Waals surface area contributed by atoms with E-state index in [-0.39, 0.29) is 11.8 Å². The van der Waals surface area contributed by atoms with Crippen molar-refractivity contribution in [3.05, 3.63) is 58.9 Å². The van der Waals surface area contributed by atoms with E-state index in [1.54, 1.807) is 26.8 Å². The molecule has 2 unspecified atom stereocenters. The van der Waals surface area contributed by atoms with Gasteiger partial charge >= 0.3 is 12.7 Å². The molecule has 0 spiro atoms. The molecule has 4 rings (SSSR count). The lowest BCUT2D eigenvalue weighted by atomic mass is 9.96. The molecule has 0 aliphatic carbocycles. The lowest BCUT2D eigenvalue weighted by Gasteiger charge is -2.22. The first-order valence-corrected chi connectivity index (χ1v) is 14.4. The smallest absolute Gasteiger partial charge is 0.407 e. The molecule has 3 aromatic rings. The number of imidazole rings is 1. The van der Waals surface area contributed by atoms with E-state index in [2.05, 4.69) is 43.9 Å². The maximum atomic E-state index is 13.3. The summed E-state index contributed by atoms with van der Waals surface area (Å²) in [6.07, 6.45) is 10.4. The number of benzene rings is 2. The summed E-state index contributed by atoms with van der Waals surface area (Å²) >= 11 is 0. The highest BCUT2D eigenvalue weighted by Gasteiger charge is 2.38. The van der Waals surface area contributed by atoms with Crippen molar-refractivity contribution < 1.29 is 27.8 Å². The summed E-state index contributed by atoms with van der Waals surface area (Å²) in [7, 11) is 3.86. The van der Waals surface area contributed by atoms with Gasteiger partial charge in [0.15, 0.2) is 6.29 Å². The average molecular weight is 609 g/mol. The zero-order valence-electron chi connectivity index (χ0n) is 26.5. The van der Waals surface area contributed by atoms with Crippen LogP contribution in [0.3, 0.4) is 0 Å². The topological polar surface area (TPSA) is 85.7 Å². The third-order valence-electron chi connectivity index (χ3n) is 6.32. The molecule has 2 atom stereocenters. The van der Waals surface area contributed by atoms with Gasteiger partial charge in [0.1, 0.15) is 17.2 Å². The third kappa shape index (κ3) is 9.29. The predicted molar refractivity (Wildman–Crippen MR) is 169 cm³/mol. The molecule has 0 bridgehead atoms. The van der Waals surface area contributed by atoms with Crippen LogP contribution in [0.25, 0.3) is 11.0 Å². The number of halogens is 2. The van der Waals surface area contributed by atoms with Gasteiger partial charge in [-0.2, -0.15) is 8.78 Å². The normalized spacial score (nSPS) is 15.2. The van der Waals surface area contributed by atoms with Crippen LogP contribution in [0, 0.1) is 24.7 Å². The number of hydrogen-bond acceptors (Lipinski definition) is 6. The van der Waals surface area contributed by atoms with Gasteiger partial charge in [-0.05, 0) is 65.6 Å². The molecule has 1 aromatic heterocycles. The van der Waals surface area contributed by atoms with Crippen LogP contribution in [0.1, 0.15) is 93.3 Å². The number of carbonyl (C=O) groups is 2. The summed E-state index contributed by atoms with van der Waals surface area (Å²) < 4.78 is 38.6. The number of nitrogens with one attached hydrogen (secondary N) is 1. The van der Waals surface area contributed by atoms with E-state index in [1.807, 2.05) is 41.8 Å². The van der Waals surface area contributed by atoms with Gasteiger partial charge in [0, 0.05) is 29.7 Å². The van der Waals surface area contributed by atoms with E-state index in [9.17, 15) is 18.4 Å². The van der Waals surface area contributed by atoms with Crippen LogP contribution >= 0.6 is 0 Å². The third-order valence-corrected chi connectivity index (χ3v) is 6.32. The number of hydrogen-bond donors (Lipinski definition) is 1. The average Bonchev–Trinajstić information content (AvgIpc) is 3.50. The molecule has 0 fully saturated rings. The number of terminal acetylenes is 1. The van der Waals surface area contributed by atoms with Gasteiger partial charge in [-0.25, -0.2) is 9.78 Å². The van der Waals surface area contributed by atoms with Gasteiger partial charge in [-0.3, -0.25) is 9.69 Å². The van der Waals surface area contributed by atoms with Crippen molar-refractivity contribution in [3.63, 3.8) is 0 Å². The molecule has 2 heterocycles. The molecule has 44 heavy (non-hydrogen) atoms. The number of amides is 1. The van der Waals surface area contributed by atoms with Gasteiger partial charge in [0.2, 0.25) is 0 Å². The summed E-state index contributed by atoms with van der Waals surface area (Å²) in [6.45, 7) is 6.96. The lowest BCUT2D eigenvalue weighted by molar-refractivity contribution is -0.0507. The maximum absolute atomic E-state index is 13.3. The number of alkyl carbamates (subject to hydrolysis) is 1. The van der Waals surface area contributed by atoms with E-state index >= 15 is 0 Å². The van der Waals surface area contributed by atoms with Crippen molar-refractivity contribution in [1.29, 1.82) is 0 Å². The van der Waals surface area contributed by atoms with E-state index < -0.39 is 24.3 Å². The summed E-state index contributed by atoms with van der Waals surface area (Å²) in [5.74, 6) is 6.92. The van der Waals surface area contributed by atoms with Crippen LogP contribution in [0.5, 0.6) is 5.75 Å². The first-order chi connectivity index (χ1) is 20.9. The van der Waals surface area contributed by atoms with E-state index in [0.29, 0.717) is 36.8 Å². The minimum absolute atomic E-state index is 0.0276. The molecule has 0 saturated heterocycles. The highest BCUT2D eigenvalue weighted by atomic mass is 19.3. The number of rotatable bonds is 7. The molecule has 1 N–H and O–H groups in total. The van der Waals surface area contributed by atoms with Gasteiger partial charge in [-0.1, -0.05) is 44.2 Å². The molecule has 8 nitrogen and oxygen atoms in total. The van der Waals surface area contributed by atoms with Crippen LogP contribution in [0.15, 0.2) is 36.4 Å². The first-order valence-electron chi connectivity index (χ1n) is 14.4. The molecule has 236 valence electrons. The fourth-order valence-corrected chi connectivity index (χ4v) is 4.79. The standard InChI is InChI=1S/C29H32F2N4O4.C3H8.C2H2/c1-29(2,3)39-28(37)32-14-7-6-9-18-12-13-20-21(15-18)35-22(16-23(34(4)5)26(35)33-20)25-19(17-36)10-8-11-24(25)38-27(30)31;1-3-2;1-2/h8,10-13,15,17,22-23,27H,7,14,16H2,1-5H3,(H,32,37);3H2,1-2H3;1-2H. The van der Waals surface area contributed by atoms with Crippen molar-refractivity contribution in [2.75, 3.05) is 20.6 Å². The lowest BCUT2D eigenvalue weighted by Crippen LogP contribution is -2.32. The van der Waals surface area contributed by atoms with Crippen molar-refractivity contribution in [2.45, 2.75) is 78.2 Å². The number of fused-ring (bicyclic) bond motifs is 3. The van der Waals surface area contributed by atoms with E-state index in [1.165, 1.54) is 18.6 Å². The second kappa shape index (κ2) is 16.4. The summed E-state index contributed by atoms with van der Waals surface area (Å²) in [6, 6.07) is 9.68. The maximum Gasteiger partial charge on any atom is 0.407 e. The van der Waals surface area contributed by atoms with Crippen LogP contribution in [0.4, 0.5) is 13.6 Å². The Labute approximate surface area is 259 Å². The molecule has 10 heteroatoms. The number of ether oxygens (including phenoxy) is 2. The summed E-state index contributed by atoms with van der Waals surface area (Å²) in [4.78, 5) is 30.6. The molecule has 2 aromatic carbocycles. The predicted octanol–water partition coefficient (Wildman–Crippen LogP) is 6.98. The molecule has 0 saturated carbocycles. The Morgan fingerprint density at radius 3 is 2.50 bits per heavy atom. The Kier molecular flexibility index (Phi) is 13.4. The van der Waals surface area contributed by atoms with Crippen LogP contribution in [-0.2, 0) is 4.74 Å². The molecular weight excluding hydrogens is 566 g/mol. The number of carbonyl (C=O) groups excluding carboxylic acids is 2. The van der Waals surface area contributed by atoms with Gasteiger partial charge < -0.3 is 19.4 Å².